The van der Waals surface area contributed by atoms with E-state index in [1.807, 2.05) is 0 Å². The maximum atomic E-state index is 12.7. The summed E-state index contributed by atoms with van der Waals surface area (Å²) in [7, 11) is -23.5. The summed E-state index contributed by atoms with van der Waals surface area (Å²) in [6.07, 6.45) is 0. The first-order valence-electron chi connectivity index (χ1n) is 4.05. The fourth-order valence-electron chi connectivity index (χ4n) is 0.722. The number of rotatable bonds is 8. The first-order valence-corrected chi connectivity index (χ1v) is 19.9. The van der Waals surface area contributed by atoms with E-state index in [1.54, 1.807) is 0 Å². The SMILES string of the molecule is O=S(=O)(F)[O][Sb-]([F])([F])([F])([F])[O][S+](=O)(F)[O][Sb-]([F])([F])([F])([F])[O]S(=O)(=O)F. The van der Waals surface area contributed by atoms with Gasteiger partial charge in [0.1, 0.15) is 0 Å². The Labute approximate surface area is 134 Å². The summed E-state index contributed by atoms with van der Waals surface area (Å²) in [5.74, 6) is 0. The summed E-state index contributed by atoms with van der Waals surface area (Å²) in [6.45, 7) is 0. The quantitative estimate of drug-likeness (QED) is 0.163. The molecule has 0 aliphatic heterocycles. The van der Waals surface area contributed by atoms with Crippen LogP contribution < -0.4 is 0 Å². The van der Waals surface area contributed by atoms with Gasteiger partial charge in [-0.1, -0.05) is 0 Å². The molecule has 0 spiro atoms. The van der Waals surface area contributed by atoms with Crippen molar-refractivity contribution in [3.63, 3.8) is 0 Å². The summed E-state index contributed by atoms with van der Waals surface area (Å²) in [4.78, 5) is 0. The zero-order chi connectivity index (χ0) is 21.1. The molecule has 0 saturated carbocycles. The Bertz CT molecular complexity index is 771. The predicted octanol–water partition coefficient (Wildman–Crippen LogP) is 2.13. The average molecular weight is 693 g/mol. The number of hydrogen-bond acceptors (Lipinski definition) is 9. The molecule has 0 aromatic carbocycles. The summed E-state index contributed by atoms with van der Waals surface area (Å²) in [5.41, 5.74) is 0. The Kier molecular flexibility index (Phi) is 5.17. The predicted molar refractivity (Wildman–Crippen MR) is 53.9 cm³/mol. The molecular weight excluding hydrogens is 693 g/mol. The second kappa shape index (κ2) is 5.02. The van der Waals surface area contributed by atoms with E-state index in [0.717, 1.165) is 9.85 Å². The van der Waals surface area contributed by atoms with Gasteiger partial charge in [-0.25, -0.2) is 0 Å². The van der Waals surface area contributed by atoms with E-state index >= 15 is 0 Å². The molecule has 9 nitrogen and oxygen atoms in total. The molecule has 25 heavy (non-hydrogen) atoms. The van der Waals surface area contributed by atoms with Crippen molar-refractivity contribution in [2.24, 2.45) is 0 Å². The van der Waals surface area contributed by atoms with Crippen LogP contribution in [0.2, 0.25) is 0 Å². The van der Waals surface area contributed by atoms with Crippen molar-refractivity contribution in [3.05, 3.63) is 0 Å². The van der Waals surface area contributed by atoms with Gasteiger partial charge in [0.15, 0.2) is 0 Å². The van der Waals surface area contributed by atoms with Crippen LogP contribution in [0.25, 0.3) is 0 Å². The molecule has 0 rings (SSSR count). The molecular formula is F11O9S3Sb2-. The van der Waals surface area contributed by atoms with Crippen molar-refractivity contribution in [2.45, 2.75) is 0 Å². The third-order valence-corrected chi connectivity index (χ3v) is 18.7. The molecule has 0 atom stereocenters. The van der Waals surface area contributed by atoms with Crippen LogP contribution in [-0.2, 0) is 45.9 Å². The molecule has 0 aliphatic carbocycles. The van der Waals surface area contributed by atoms with E-state index in [-0.39, 0.29) is 0 Å². The van der Waals surface area contributed by atoms with E-state index in [1.165, 1.54) is 0 Å². The van der Waals surface area contributed by atoms with Crippen LogP contribution in [0.4, 0.5) is 34.2 Å². The van der Waals surface area contributed by atoms with Crippen LogP contribution in [0.15, 0.2) is 0 Å². The average Bonchev–Trinajstić information content (AvgIpc) is 1.74. The van der Waals surface area contributed by atoms with Gasteiger partial charge in [-0.3, -0.25) is 0 Å². The van der Waals surface area contributed by atoms with Gasteiger partial charge in [-0.15, -0.1) is 0 Å². The summed E-state index contributed by atoms with van der Waals surface area (Å²) < 4.78 is 190. The Morgan fingerprint density at radius 2 is 0.840 bits per heavy atom. The van der Waals surface area contributed by atoms with Crippen molar-refractivity contribution in [1.82, 2.24) is 0 Å². The molecule has 0 N–H and O–H groups in total. The standard InChI is InChI=1S/2FHO3S.FO3S.8FH.2Sb/c3*1-5(2,3)4;;;;;;;;;;/h2*(H,2,3,4);;8*1H;;/q;;-1;;;;;;;;;2*+5/p-10. The summed E-state index contributed by atoms with van der Waals surface area (Å²) in [6, 6.07) is 0. The maximum absolute atomic E-state index is 12.8. The van der Waals surface area contributed by atoms with Gasteiger partial charge >= 0.3 is 135 Å². The molecule has 0 aromatic rings. The zero-order valence-electron chi connectivity index (χ0n) is 9.95. The molecule has 0 unspecified atom stereocenters. The van der Waals surface area contributed by atoms with E-state index in [4.69, 9.17) is 0 Å². The van der Waals surface area contributed by atoms with E-state index in [2.05, 4.69) is 0 Å². The minimum absolute atomic E-state index is 1.08. The second-order valence-corrected chi connectivity index (χ2v) is 23.1. The molecule has 160 valence electrons. The summed E-state index contributed by atoms with van der Waals surface area (Å²) in [5, 5.41) is 0. The molecule has 25 heteroatoms. The molecule has 0 aromatic heterocycles. The second-order valence-electron chi connectivity index (χ2n) is 3.50. The van der Waals surface area contributed by atoms with Gasteiger partial charge in [0, 0.05) is 0 Å². The molecule has 0 heterocycles. The van der Waals surface area contributed by atoms with Crippen molar-refractivity contribution in [1.29, 1.82) is 0 Å². The van der Waals surface area contributed by atoms with Crippen molar-refractivity contribution in [2.75, 3.05) is 0 Å². The monoisotopic (exact) mass is 691 g/mol. The van der Waals surface area contributed by atoms with Gasteiger partial charge in [0.25, 0.3) is 0 Å². The van der Waals surface area contributed by atoms with Gasteiger partial charge < -0.3 is 0 Å². The minimum atomic E-state index is -12.8. The fourth-order valence-corrected chi connectivity index (χ4v) is 17.1. The first kappa shape index (κ1) is 25.8. The Morgan fingerprint density at radius 3 is 1.00 bits per heavy atom. The van der Waals surface area contributed by atoms with Crippen LogP contribution in [0.1, 0.15) is 0 Å². The van der Waals surface area contributed by atoms with E-state index in [9.17, 15) is 55.2 Å². The number of halogens is 11. The molecule has 0 radical (unpaired) electrons. The Morgan fingerprint density at radius 1 is 0.640 bits per heavy atom. The van der Waals surface area contributed by atoms with Gasteiger partial charge in [0.05, 0.1) is 0 Å². The van der Waals surface area contributed by atoms with Crippen LogP contribution in [-0.4, -0.2) is 55.1 Å². The van der Waals surface area contributed by atoms with E-state index in [0.29, 0.717) is 0 Å². The third kappa shape index (κ3) is 11.9. The van der Waals surface area contributed by atoms with E-state index < -0.39 is 70.2 Å². The van der Waals surface area contributed by atoms with Gasteiger partial charge in [-0.05, 0) is 0 Å². The zero-order valence-corrected chi connectivity index (χ0v) is 17.5. The third-order valence-electron chi connectivity index (χ3n) is 0.929. The van der Waals surface area contributed by atoms with Crippen LogP contribution in [0.3, 0.4) is 0 Å². The molecule has 0 saturated heterocycles. The van der Waals surface area contributed by atoms with Crippen LogP contribution >= 0.6 is 0 Å². The Hall–Kier alpha value is 0.756. The molecule has 0 bridgehead atoms. The van der Waals surface area contributed by atoms with Crippen LogP contribution in [0.5, 0.6) is 0 Å². The van der Waals surface area contributed by atoms with Gasteiger partial charge in [-0.2, -0.15) is 0 Å². The first-order chi connectivity index (χ1) is 9.83. The molecule has 0 amide bonds. The molecule has 0 aliphatic rings. The number of hydrogen-bond donors (Lipinski definition) is 0. The van der Waals surface area contributed by atoms with Gasteiger partial charge in [0.2, 0.25) is 0 Å². The van der Waals surface area contributed by atoms with Crippen molar-refractivity contribution >= 4 is 70.2 Å². The topological polar surface area (TPSA) is 122 Å². The van der Waals surface area contributed by atoms with Crippen molar-refractivity contribution < 1.29 is 65.1 Å². The van der Waals surface area contributed by atoms with Crippen molar-refractivity contribution in [3.8, 4) is 0 Å². The fraction of sp³-hybridized carbons (Fsp3) is 0. The molecule has 0 fully saturated rings. The van der Waals surface area contributed by atoms with Crippen LogP contribution in [0, 0.1) is 0 Å². The Balaban J connectivity index is 6.11. The summed E-state index contributed by atoms with van der Waals surface area (Å²) >= 11 is -25.7. The normalized spacial score (nSPS) is 22.8.